The minimum Gasteiger partial charge on any atom is -0.469 e. The molecule has 1 rings (SSSR count). The van der Waals surface area contributed by atoms with E-state index < -0.39 is 6.10 Å². The summed E-state index contributed by atoms with van der Waals surface area (Å²) in [6, 6.07) is 0. The second-order valence-electron chi connectivity index (χ2n) is 7.62. The van der Waals surface area contributed by atoms with Gasteiger partial charge in [-0.25, -0.2) is 0 Å². The summed E-state index contributed by atoms with van der Waals surface area (Å²) >= 11 is 0. The van der Waals surface area contributed by atoms with Gasteiger partial charge in [0, 0.05) is 18.8 Å². The number of methoxy groups -OCH3 is 1. The van der Waals surface area contributed by atoms with Crippen LogP contribution in [0.2, 0.25) is 0 Å². The van der Waals surface area contributed by atoms with Gasteiger partial charge in [-0.1, -0.05) is 43.1 Å². The number of aliphatic hydroxyl groups excluding tert-OH is 1. The Morgan fingerprint density at radius 3 is 2.69 bits per heavy atom. The zero-order valence-electron chi connectivity index (χ0n) is 16.7. The van der Waals surface area contributed by atoms with Crippen LogP contribution in [0, 0.1) is 11.8 Å². The number of aliphatic hydroxyl groups is 1. The van der Waals surface area contributed by atoms with Crippen LogP contribution in [-0.4, -0.2) is 30.1 Å². The van der Waals surface area contributed by atoms with Crippen LogP contribution >= 0.6 is 0 Å². The standard InChI is InChI=1S/C22H36O4/c1-17(2)9-8-10-19(23)15-13-18-14-16-21(24)20(18)11-6-4-5-7-12-22(25)26-3/h9,13,15,18-20,23H,4-8,10-12,14,16H2,1-3H3/t18-,19?,20+/m0/s1. The van der Waals surface area contributed by atoms with Crippen molar-refractivity contribution in [3.05, 3.63) is 23.8 Å². The fourth-order valence-electron chi connectivity index (χ4n) is 3.54. The molecule has 1 saturated carbocycles. The molecule has 1 aliphatic rings. The summed E-state index contributed by atoms with van der Waals surface area (Å²) < 4.78 is 4.63. The molecule has 3 atom stereocenters. The third kappa shape index (κ3) is 9.33. The van der Waals surface area contributed by atoms with E-state index in [1.165, 1.54) is 12.7 Å². The van der Waals surface area contributed by atoms with Gasteiger partial charge in [0.1, 0.15) is 5.78 Å². The van der Waals surface area contributed by atoms with Crippen molar-refractivity contribution in [2.24, 2.45) is 11.8 Å². The van der Waals surface area contributed by atoms with Crippen molar-refractivity contribution >= 4 is 11.8 Å². The third-order valence-corrected chi connectivity index (χ3v) is 5.12. The Kier molecular flexibility index (Phi) is 11.2. The number of ether oxygens (including phenoxy) is 1. The topological polar surface area (TPSA) is 63.6 Å². The Morgan fingerprint density at radius 1 is 1.27 bits per heavy atom. The van der Waals surface area contributed by atoms with Gasteiger partial charge in [0.25, 0.3) is 0 Å². The Hall–Kier alpha value is -1.42. The molecule has 0 saturated heterocycles. The first-order valence-electron chi connectivity index (χ1n) is 10.0. The van der Waals surface area contributed by atoms with E-state index in [-0.39, 0.29) is 17.8 Å². The minimum absolute atomic E-state index is 0.108. The highest BCUT2D eigenvalue weighted by atomic mass is 16.5. The van der Waals surface area contributed by atoms with E-state index in [2.05, 4.69) is 30.7 Å². The monoisotopic (exact) mass is 364 g/mol. The molecule has 0 amide bonds. The van der Waals surface area contributed by atoms with Crippen molar-refractivity contribution in [1.29, 1.82) is 0 Å². The minimum atomic E-state index is -0.430. The summed E-state index contributed by atoms with van der Waals surface area (Å²) in [6.07, 6.45) is 14.2. The maximum atomic E-state index is 12.2. The fourth-order valence-corrected chi connectivity index (χ4v) is 3.54. The van der Waals surface area contributed by atoms with Gasteiger partial charge in [0.15, 0.2) is 0 Å². The molecule has 0 aromatic heterocycles. The molecule has 0 aromatic carbocycles. The Labute approximate surface area is 158 Å². The van der Waals surface area contributed by atoms with Crippen LogP contribution in [0.4, 0.5) is 0 Å². The molecule has 148 valence electrons. The lowest BCUT2D eigenvalue weighted by atomic mass is 9.89. The maximum absolute atomic E-state index is 12.2. The smallest absolute Gasteiger partial charge is 0.305 e. The average Bonchev–Trinajstić information content (AvgIpc) is 2.95. The average molecular weight is 365 g/mol. The summed E-state index contributed by atoms with van der Waals surface area (Å²) in [5.41, 5.74) is 1.27. The van der Waals surface area contributed by atoms with Crippen molar-refractivity contribution in [3.63, 3.8) is 0 Å². The third-order valence-electron chi connectivity index (χ3n) is 5.12. The molecule has 0 bridgehead atoms. The quantitative estimate of drug-likeness (QED) is 0.308. The van der Waals surface area contributed by atoms with Crippen LogP contribution in [0.5, 0.6) is 0 Å². The van der Waals surface area contributed by atoms with Crippen LogP contribution in [-0.2, 0) is 14.3 Å². The van der Waals surface area contributed by atoms with E-state index in [9.17, 15) is 14.7 Å². The molecule has 0 spiro atoms. The number of ketones is 1. The molecule has 1 N–H and O–H groups in total. The molecule has 1 aliphatic carbocycles. The number of hydrogen-bond donors (Lipinski definition) is 1. The number of esters is 1. The number of rotatable bonds is 12. The van der Waals surface area contributed by atoms with Gasteiger partial charge in [-0.15, -0.1) is 0 Å². The van der Waals surface area contributed by atoms with E-state index >= 15 is 0 Å². The summed E-state index contributed by atoms with van der Waals surface area (Å²) in [4.78, 5) is 23.2. The Balaban J connectivity index is 2.30. The van der Waals surface area contributed by atoms with Gasteiger partial charge >= 0.3 is 5.97 Å². The first-order chi connectivity index (χ1) is 12.4. The van der Waals surface area contributed by atoms with Gasteiger partial charge in [-0.05, 0) is 51.9 Å². The molecule has 4 nitrogen and oxygen atoms in total. The van der Waals surface area contributed by atoms with Crippen molar-refractivity contribution in [1.82, 2.24) is 0 Å². The van der Waals surface area contributed by atoms with Gasteiger partial charge in [-0.3, -0.25) is 9.59 Å². The number of carbonyl (C=O) groups excluding carboxylic acids is 2. The second kappa shape index (κ2) is 12.9. The van der Waals surface area contributed by atoms with E-state index in [1.807, 2.05) is 6.08 Å². The summed E-state index contributed by atoms with van der Waals surface area (Å²) in [7, 11) is 1.42. The first-order valence-corrected chi connectivity index (χ1v) is 10.0. The van der Waals surface area contributed by atoms with Crippen LogP contribution in [0.1, 0.15) is 78.1 Å². The highest BCUT2D eigenvalue weighted by molar-refractivity contribution is 5.83. The molecule has 0 radical (unpaired) electrons. The molecule has 1 fully saturated rings. The van der Waals surface area contributed by atoms with Crippen molar-refractivity contribution < 1.29 is 19.4 Å². The number of carbonyl (C=O) groups is 2. The molecule has 26 heavy (non-hydrogen) atoms. The summed E-state index contributed by atoms with van der Waals surface area (Å²) in [5.74, 6) is 0.602. The number of allylic oxidation sites excluding steroid dienone is 3. The Morgan fingerprint density at radius 2 is 2.00 bits per heavy atom. The van der Waals surface area contributed by atoms with Gasteiger partial charge in [0.05, 0.1) is 13.2 Å². The lowest BCUT2D eigenvalue weighted by Gasteiger charge is -2.15. The highest BCUT2D eigenvalue weighted by Crippen LogP contribution is 2.34. The van der Waals surface area contributed by atoms with E-state index in [1.54, 1.807) is 0 Å². The Bertz CT molecular complexity index is 488. The van der Waals surface area contributed by atoms with Crippen LogP contribution in [0.3, 0.4) is 0 Å². The lowest BCUT2D eigenvalue weighted by molar-refractivity contribution is -0.140. The fraction of sp³-hybridized carbons (Fsp3) is 0.727. The van der Waals surface area contributed by atoms with E-state index in [0.29, 0.717) is 18.6 Å². The number of hydrogen-bond acceptors (Lipinski definition) is 4. The zero-order chi connectivity index (χ0) is 19.4. The van der Waals surface area contributed by atoms with E-state index in [0.717, 1.165) is 51.4 Å². The lowest BCUT2D eigenvalue weighted by Crippen LogP contribution is -2.14. The van der Waals surface area contributed by atoms with Crippen molar-refractivity contribution in [3.8, 4) is 0 Å². The first kappa shape index (κ1) is 22.6. The van der Waals surface area contributed by atoms with Crippen molar-refractivity contribution in [2.45, 2.75) is 84.2 Å². The summed E-state index contributed by atoms with van der Waals surface area (Å²) in [6.45, 7) is 4.12. The van der Waals surface area contributed by atoms with Crippen molar-refractivity contribution in [2.75, 3.05) is 7.11 Å². The molecule has 0 heterocycles. The molecular weight excluding hydrogens is 328 g/mol. The van der Waals surface area contributed by atoms with Gasteiger partial charge in [-0.2, -0.15) is 0 Å². The molecule has 1 unspecified atom stereocenters. The molecule has 0 aromatic rings. The number of Topliss-reactive ketones (excluding diaryl/α,β-unsaturated/α-hetero) is 1. The second-order valence-corrected chi connectivity index (χ2v) is 7.62. The van der Waals surface area contributed by atoms with Gasteiger partial charge < -0.3 is 9.84 Å². The SMILES string of the molecule is COC(=O)CCCCCC[C@H]1C(=O)CC[C@@H]1C=CC(O)CCC=C(C)C. The molecular formula is C22H36O4. The maximum Gasteiger partial charge on any atom is 0.305 e. The van der Waals surface area contributed by atoms with Crippen LogP contribution < -0.4 is 0 Å². The molecule has 0 aliphatic heterocycles. The van der Waals surface area contributed by atoms with Crippen LogP contribution in [0.25, 0.3) is 0 Å². The van der Waals surface area contributed by atoms with Gasteiger partial charge in [0.2, 0.25) is 0 Å². The van der Waals surface area contributed by atoms with Crippen LogP contribution in [0.15, 0.2) is 23.8 Å². The predicted octanol–water partition coefficient (Wildman–Crippen LogP) is 4.76. The zero-order valence-corrected chi connectivity index (χ0v) is 16.7. The number of unbranched alkanes of at least 4 members (excludes halogenated alkanes) is 3. The highest BCUT2D eigenvalue weighted by Gasteiger charge is 2.32. The van der Waals surface area contributed by atoms with E-state index in [4.69, 9.17) is 0 Å². The predicted molar refractivity (Wildman–Crippen MR) is 105 cm³/mol. The molecule has 4 heteroatoms. The largest absolute Gasteiger partial charge is 0.469 e. The summed E-state index contributed by atoms with van der Waals surface area (Å²) in [5, 5.41) is 10.1. The normalized spacial score (nSPS) is 21.2.